The maximum absolute atomic E-state index is 11.3. The summed E-state index contributed by atoms with van der Waals surface area (Å²) < 4.78 is 16.1. The zero-order valence-corrected chi connectivity index (χ0v) is 13.5. The minimum Gasteiger partial charge on any atom is -0.491 e. The lowest BCUT2D eigenvalue weighted by molar-refractivity contribution is -0.127. The number of hydrogen-bond donors (Lipinski definition) is 0. The molecule has 0 aromatic heterocycles. The largest absolute Gasteiger partial charge is 0.491 e. The van der Waals surface area contributed by atoms with Gasteiger partial charge in [-0.1, -0.05) is 26.0 Å². The summed E-state index contributed by atoms with van der Waals surface area (Å²) in [5, 5.41) is 0. The molecule has 0 amide bonds. The second kappa shape index (κ2) is 10.1. The number of benzene rings is 1. The number of ketones is 2. The quantitative estimate of drug-likeness (QED) is 0.464. The third kappa shape index (κ3) is 7.33. The van der Waals surface area contributed by atoms with Crippen LogP contribution in [-0.4, -0.2) is 44.6 Å². The minimum atomic E-state index is 0.0000780. The van der Waals surface area contributed by atoms with E-state index in [0.717, 1.165) is 0 Å². The average Bonchev–Trinajstić information content (AvgIpc) is 2.49. The second-order valence-electron chi connectivity index (χ2n) is 5.22. The summed E-state index contributed by atoms with van der Waals surface area (Å²) in [6.45, 7) is 6.97. The van der Waals surface area contributed by atoms with Gasteiger partial charge in [0.05, 0.1) is 19.8 Å². The first-order valence-electron chi connectivity index (χ1n) is 7.42. The van der Waals surface area contributed by atoms with E-state index in [1.54, 1.807) is 24.3 Å². The molecule has 1 aromatic rings. The third-order valence-corrected chi connectivity index (χ3v) is 3.00. The van der Waals surface area contributed by atoms with Gasteiger partial charge in [0.25, 0.3) is 0 Å². The van der Waals surface area contributed by atoms with Gasteiger partial charge >= 0.3 is 0 Å². The smallest absolute Gasteiger partial charge is 0.160 e. The van der Waals surface area contributed by atoms with Gasteiger partial charge in [-0.05, 0) is 19.1 Å². The van der Waals surface area contributed by atoms with Crippen LogP contribution in [0.4, 0.5) is 0 Å². The maximum atomic E-state index is 11.3. The minimum absolute atomic E-state index is 0.0000780. The van der Waals surface area contributed by atoms with Gasteiger partial charge in [-0.15, -0.1) is 0 Å². The van der Waals surface area contributed by atoms with Crippen molar-refractivity contribution in [1.82, 2.24) is 0 Å². The molecule has 22 heavy (non-hydrogen) atoms. The van der Waals surface area contributed by atoms with Crippen LogP contribution < -0.4 is 4.74 Å². The first kappa shape index (κ1) is 18.3. The Balaban J connectivity index is 2.07. The number of rotatable bonds is 11. The van der Waals surface area contributed by atoms with Crippen molar-refractivity contribution in [3.63, 3.8) is 0 Å². The molecule has 0 saturated heterocycles. The van der Waals surface area contributed by atoms with Gasteiger partial charge in [-0.2, -0.15) is 0 Å². The molecule has 5 heteroatoms. The fraction of sp³-hybridized carbons (Fsp3) is 0.529. The Morgan fingerprint density at radius 2 is 1.73 bits per heavy atom. The zero-order chi connectivity index (χ0) is 16.4. The third-order valence-electron chi connectivity index (χ3n) is 3.00. The highest BCUT2D eigenvalue weighted by atomic mass is 16.5. The van der Waals surface area contributed by atoms with Crippen LogP contribution in [0.5, 0.6) is 5.75 Å². The molecule has 0 spiro atoms. The lowest BCUT2D eigenvalue weighted by Gasteiger charge is -2.09. The summed E-state index contributed by atoms with van der Waals surface area (Å²) in [6.07, 6.45) is 0. The summed E-state index contributed by atoms with van der Waals surface area (Å²) in [5.41, 5.74) is 0.627. The van der Waals surface area contributed by atoms with Crippen LogP contribution in [0.3, 0.4) is 0 Å². The number of carbonyl (C=O) groups excluding carboxylic acids is 2. The van der Waals surface area contributed by atoms with Crippen LogP contribution in [0.15, 0.2) is 24.3 Å². The molecule has 0 bridgehead atoms. The van der Waals surface area contributed by atoms with E-state index in [0.29, 0.717) is 37.7 Å². The molecule has 0 unspecified atom stereocenters. The number of hydrogen-bond acceptors (Lipinski definition) is 5. The SMILES string of the molecule is CC(=O)c1cccc(OCCOCCOCC(=O)C(C)C)c1. The highest BCUT2D eigenvalue weighted by Gasteiger charge is 2.06. The normalized spacial score (nSPS) is 10.7. The summed E-state index contributed by atoms with van der Waals surface area (Å²) >= 11 is 0. The molecular weight excluding hydrogens is 284 g/mol. The molecule has 0 aliphatic carbocycles. The molecule has 0 radical (unpaired) electrons. The molecule has 5 nitrogen and oxygen atoms in total. The van der Waals surface area contributed by atoms with Crippen molar-refractivity contribution < 1.29 is 23.8 Å². The van der Waals surface area contributed by atoms with Gasteiger partial charge in [0.1, 0.15) is 19.0 Å². The van der Waals surface area contributed by atoms with Crippen molar-refractivity contribution in [1.29, 1.82) is 0 Å². The lowest BCUT2D eigenvalue weighted by atomic mass is 10.1. The highest BCUT2D eigenvalue weighted by Crippen LogP contribution is 2.13. The molecule has 0 aliphatic rings. The molecular formula is C17H24O5. The van der Waals surface area contributed by atoms with Crippen molar-refractivity contribution >= 4 is 11.6 Å². The Morgan fingerprint density at radius 3 is 2.41 bits per heavy atom. The predicted molar refractivity (Wildman–Crippen MR) is 83.4 cm³/mol. The Kier molecular flexibility index (Phi) is 8.40. The van der Waals surface area contributed by atoms with Crippen molar-refractivity contribution in [2.75, 3.05) is 33.0 Å². The van der Waals surface area contributed by atoms with Crippen molar-refractivity contribution in [2.24, 2.45) is 5.92 Å². The Morgan fingerprint density at radius 1 is 1.05 bits per heavy atom. The highest BCUT2D eigenvalue weighted by molar-refractivity contribution is 5.94. The molecule has 0 aliphatic heterocycles. The molecule has 1 aromatic carbocycles. The van der Waals surface area contributed by atoms with E-state index in [-0.39, 0.29) is 24.1 Å². The van der Waals surface area contributed by atoms with Crippen molar-refractivity contribution in [3.8, 4) is 5.75 Å². The maximum Gasteiger partial charge on any atom is 0.160 e. The molecule has 0 N–H and O–H groups in total. The molecule has 1 rings (SSSR count). The molecule has 0 atom stereocenters. The second-order valence-corrected chi connectivity index (χ2v) is 5.22. The lowest BCUT2D eigenvalue weighted by Crippen LogP contribution is -2.17. The van der Waals surface area contributed by atoms with Gasteiger partial charge in [-0.3, -0.25) is 9.59 Å². The molecule has 0 saturated carbocycles. The monoisotopic (exact) mass is 308 g/mol. The fourth-order valence-corrected chi connectivity index (χ4v) is 1.58. The molecule has 0 heterocycles. The van der Waals surface area contributed by atoms with Crippen molar-refractivity contribution in [3.05, 3.63) is 29.8 Å². The summed E-state index contributed by atoms with van der Waals surface area (Å²) in [5.74, 6) is 0.749. The standard InChI is InChI=1S/C17H24O5/c1-13(2)17(19)12-21-8-7-20-9-10-22-16-6-4-5-15(11-16)14(3)18/h4-6,11,13H,7-10,12H2,1-3H3. The average molecular weight is 308 g/mol. The molecule has 122 valence electrons. The van der Waals surface area contributed by atoms with Crippen molar-refractivity contribution in [2.45, 2.75) is 20.8 Å². The fourth-order valence-electron chi connectivity index (χ4n) is 1.58. The van der Waals surface area contributed by atoms with Gasteiger partial charge in [0, 0.05) is 11.5 Å². The predicted octanol–water partition coefficient (Wildman–Crippen LogP) is 2.53. The topological polar surface area (TPSA) is 61.8 Å². The van der Waals surface area contributed by atoms with Gasteiger partial charge in [-0.25, -0.2) is 0 Å². The Bertz CT molecular complexity index is 482. The van der Waals surface area contributed by atoms with E-state index in [1.165, 1.54) is 6.92 Å². The number of Topliss-reactive ketones (excluding diaryl/α,β-unsaturated/α-hetero) is 2. The summed E-state index contributed by atoms with van der Waals surface area (Å²) in [4.78, 5) is 22.5. The first-order chi connectivity index (χ1) is 10.5. The number of ether oxygens (including phenoxy) is 3. The van der Waals surface area contributed by atoms with E-state index in [1.807, 2.05) is 13.8 Å². The van der Waals surface area contributed by atoms with Crippen LogP contribution in [-0.2, 0) is 14.3 Å². The van der Waals surface area contributed by atoms with Crippen LogP contribution in [0.2, 0.25) is 0 Å². The van der Waals surface area contributed by atoms with E-state index in [4.69, 9.17) is 14.2 Å². The Labute approximate surface area is 131 Å². The number of carbonyl (C=O) groups is 2. The van der Waals surface area contributed by atoms with Crippen LogP contribution >= 0.6 is 0 Å². The van der Waals surface area contributed by atoms with E-state index in [9.17, 15) is 9.59 Å². The van der Waals surface area contributed by atoms with Crippen LogP contribution in [0.25, 0.3) is 0 Å². The van der Waals surface area contributed by atoms with Crippen LogP contribution in [0, 0.1) is 5.92 Å². The van der Waals surface area contributed by atoms with Crippen LogP contribution in [0.1, 0.15) is 31.1 Å². The van der Waals surface area contributed by atoms with Gasteiger partial charge in [0.15, 0.2) is 11.6 Å². The zero-order valence-electron chi connectivity index (χ0n) is 13.5. The van der Waals surface area contributed by atoms with E-state index in [2.05, 4.69) is 0 Å². The Hall–Kier alpha value is -1.72. The summed E-state index contributed by atoms with van der Waals surface area (Å²) in [6, 6.07) is 7.05. The van der Waals surface area contributed by atoms with Gasteiger partial charge in [0.2, 0.25) is 0 Å². The van der Waals surface area contributed by atoms with Gasteiger partial charge < -0.3 is 14.2 Å². The van der Waals surface area contributed by atoms with E-state index < -0.39 is 0 Å². The first-order valence-corrected chi connectivity index (χ1v) is 7.42. The van der Waals surface area contributed by atoms with E-state index >= 15 is 0 Å². The molecule has 0 fully saturated rings. The summed E-state index contributed by atoms with van der Waals surface area (Å²) in [7, 11) is 0.